The Morgan fingerprint density at radius 2 is 1.83 bits per heavy atom. The molecule has 18 heavy (non-hydrogen) atoms. The molecule has 3 nitrogen and oxygen atoms in total. The van der Waals surface area contributed by atoms with Crippen molar-refractivity contribution in [2.45, 2.75) is 19.3 Å². The molecule has 96 valence electrons. The molecule has 2 saturated heterocycles. The van der Waals surface area contributed by atoms with E-state index < -0.39 is 0 Å². The fraction of sp³-hybridized carbons (Fsp3) is 0.533. The Bertz CT molecular complexity index is 423. The number of amides is 1. The number of rotatable bonds is 1. The van der Waals surface area contributed by atoms with Crippen molar-refractivity contribution in [3.05, 3.63) is 35.9 Å². The van der Waals surface area contributed by atoms with Gasteiger partial charge in [-0.2, -0.15) is 0 Å². The molecular formula is C15H19NO2. The van der Waals surface area contributed by atoms with E-state index in [0.717, 1.165) is 51.1 Å². The molecule has 2 aliphatic rings. The molecule has 2 heterocycles. The van der Waals surface area contributed by atoms with Gasteiger partial charge in [0, 0.05) is 31.9 Å². The minimum Gasteiger partial charge on any atom is -0.381 e. The second-order valence-electron chi connectivity index (χ2n) is 5.46. The molecule has 2 aliphatic heterocycles. The highest BCUT2D eigenvalue weighted by Gasteiger charge is 2.40. The summed E-state index contributed by atoms with van der Waals surface area (Å²) in [7, 11) is 0. The molecule has 1 aromatic carbocycles. The number of hydrogen-bond acceptors (Lipinski definition) is 2. The van der Waals surface area contributed by atoms with Gasteiger partial charge in [-0.15, -0.1) is 0 Å². The fourth-order valence-corrected chi connectivity index (χ4v) is 3.08. The third-order valence-corrected chi connectivity index (χ3v) is 4.30. The first-order chi connectivity index (χ1) is 8.79. The van der Waals surface area contributed by atoms with Crippen LogP contribution in [-0.2, 0) is 4.74 Å². The van der Waals surface area contributed by atoms with E-state index in [-0.39, 0.29) is 5.91 Å². The monoisotopic (exact) mass is 245 g/mol. The van der Waals surface area contributed by atoms with E-state index in [4.69, 9.17) is 4.74 Å². The highest BCUT2D eigenvalue weighted by molar-refractivity contribution is 5.94. The van der Waals surface area contributed by atoms with Gasteiger partial charge in [-0.25, -0.2) is 0 Å². The molecule has 0 aliphatic carbocycles. The first-order valence-corrected chi connectivity index (χ1v) is 6.71. The van der Waals surface area contributed by atoms with Crippen LogP contribution in [0.25, 0.3) is 0 Å². The molecule has 1 aromatic rings. The maximum atomic E-state index is 12.4. The lowest BCUT2D eigenvalue weighted by Gasteiger charge is -2.33. The van der Waals surface area contributed by atoms with Crippen LogP contribution in [0.15, 0.2) is 30.3 Å². The standard InChI is InChI=1S/C15H19NO2/c17-14(13-4-2-1-3-5-13)16-9-6-15(12-16)7-10-18-11-8-15/h1-5H,6-12H2. The van der Waals surface area contributed by atoms with Crippen molar-refractivity contribution in [1.82, 2.24) is 4.90 Å². The van der Waals surface area contributed by atoms with E-state index in [0.29, 0.717) is 5.41 Å². The van der Waals surface area contributed by atoms with Crippen molar-refractivity contribution in [2.24, 2.45) is 5.41 Å². The second kappa shape index (κ2) is 4.73. The minimum atomic E-state index is 0.180. The zero-order chi connectivity index (χ0) is 12.4. The van der Waals surface area contributed by atoms with Gasteiger partial charge in [0.2, 0.25) is 0 Å². The molecule has 0 bridgehead atoms. The summed E-state index contributed by atoms with van der Waals surface area (Å²) in [6.45, 7) is 3.51. The average molecular weight is 245 g/mol. The Balaban J connectivity index is 1.70. The lowest BCUT2D eigenvalue weighted by molar-refractivity contribution is 0.0191. The zero-order valence-corrected chi connectivity index (χ0v) is 10.6. The SMILES string of the molecule is O=C(c1ccccc1)N1CCC2(CCOCC2)C1. The quantitative estimate of drug-likeness (QED) is 0.760. The Hall–Kier alpha value is -1.35. The molecule has 0 N–H and O–H groups in total. The van der Waals surface area contributed by atoms with E-state index in [1.54, 1.807) is 0 Å². The molecule has 3 heteroatoms. The van der Waals surface area contributed by atoms with Crippen LogP contribution in [0.3, 0.4) is 0 Å². The lowest BCUT2D eigenvalue weighted by Crippen LogP contribution is -2.35. The van der Waals surface area contributed by atoms with Gasteiger partial charge in [-0.05, 0) is 36.8 Å². The number of likely N-dealkylation sites (tertiary alicyclic amines) is 1. The van der Waals surface area contributed by atoms with Crippen molar-refractivity contribution in [3.63, 3.8) is 0 Å². The molecule has 3 rings (SSSR count). The van der Waals surface area contributed by atoms with E-state index >= 15 is 0 Å². The van der Waals surface area contributed by atoms with Crippen molar-refractivity contribution in [2.75, 3.05) is 26.3 Å². The molecule has 1 amide bonds. The summed E-state index contributed by atoms with van der Waals surface area (Å²) in [4.78, 5) is 14.4. The summed E-state index contributed by atoms with van der Waals surface area (Å²) in [5.41, 5.74) is 1.14. The van der Waals surface area contributed by atoms with E-state index in [9.17, 15) is 4.79 Å². The Morgan fingerprint density at radius 1 is 1.11 bits per heavy atom. The predicted molar refractivity (Wildman–Crippen MR) is 69.4 cm³/mol. The minimum absolute atomic E-state index is 0.180. The van der Waals surface area contributed by atoms with Crippen molar-refractivity contribution >= 4 is 5.91 Å². The molecule has 0 aromatic heterocycles. The van der Waals surface area contributed by atoms with Gasteiger partial charge in [0.1, 0.15) is 0 Å². The van der Waals surface area contributed by atoms with Gasteiger partial charge < -0.3 is 9.64 Å². The van der Waals surface area contributed by atoms with Crippen LogP contribution in [0.2, 0.25) is 0 Å². The molecule has 2 fully saturated rings. The van der Waals surface area contributed by atoms with Crippen LogP contribution >= 0.6 is 0 Å². The Kier molecular flexibility index (Phi) is 3.08. The second-order valence-corrected chi connectivity index (χ2v) is 5.46. The van der Waals surface area contributed by atoms with Gasteiger partial charge >= 0.3 is 0 Å². The molecule has 1 spiro atoms. The summed E-state index contributed by atoms with van der Waals surface area (Å²) < 4.78 is 5.43. The molecule has 0 radical (unpaired) electrons. The number of benzene rings is 1. The zero-order valence-electron chi connectivity index (χ0n) is 10.6. The smallest absolute Gasteiger partial charge is 0.253 e. The van der Waals surface area contributed by atoms with Crippen molar-refractivity contribution < 1.29 is 9.53 Å². The lowest BCUT2D eigenvalue weighted by atomic mass is 9.80. The van der Waals surface area contributed by atoms with Crippen LogP contribution in [-0.4, -0.2) is 37.1 Å². The molecular weight excluding hydrogens is 226 g/mol. The summed E-state index contributed by atoms with van der Waals surface area (Å²) in [6, 6.07) is 9.59. The highest BCUT2D eigenvalue weighted by Crippen LogP contribution is 2.40. The molecule has 0 unspecified atom stereocenters. The van der Waals surface area contributed by atoms with E-state index in [1.807, 2.05) is 35.2 Å². The van der Waals surface area contributed by atoms with Crippen LogP contribution < -0.4 is 0 Å². The summed E-state index contributed by atoms with van der Waals surface area (Å²) >= 11 is 0. The summed E-state index contributed by atoms with van der Waals surface area (Å²) in [6.07, 6.45) is 3.34. The molecule has 0 atom stereocenters. The van der Waals surface area contributed by atoms with E-state index in [1.165, 1.54) is 0 Å². The first-order valence-electron chi connectivity index (χ1n) is 6.71. The third kappa shape index (κ3) is 2.15. The number of ether oxygens (including phenoxy) is 1. The van der Waals surface area contributed by atoms with Crippen molar-refractivity contribution in [1.29, 1.82) is 0 Å². The summed E-state index contributed by atoms with van der Waals surface area (Å²) in [5.74, 6) is 0.180. The van der Waals surface area contributed by atoms with Crippen LogP contribution in [0, 0.1) is 5.41 Å². The van der Waals surface area contributed by atoms with Gasteiger partial charge in [-0.3, -0.25) is 4.79 Å². The molecule has 0 saturated carbocycles. The van der Waals surface area contributed by atoms with Crippen LogP contribution in [0.4, 0.5) is 0 Å². The fourth-order valence-electron chi connectivity index (χ4n) is 3.08. The van der Waals surface area contributed by atoms with Gasteiger partial charge in [0.15, 0.2) is 0 Å². The highest BCUT2D eigenvalue weighted by atomic mass is 16.5. The topological polar surface area (TPSA) is 29.5 Å². The summed E-state index contributed by atoms with van der Waals surface area (Å²) in [5, 5.41) is 0. The van der Waals surface area contributed by atoms with Crippen LogP contribution in [0.5, 0.6) is 0 Å². The Morgan fingerprint density at radius 3 is 2.56 bits per heavy atom. The van der Waals surface area contributed by atoms with E-state index in [2.05, 4.69) is 0 Å². The van der Waals surface area contributed by atoms with Gasteiger partial charge in [0.25, 0.3) is 5.91 Å². The van der Waals surface area contributed by atoms with Gasteiger partial charge in [0.05, 0.1) is 0 Å². The Labute approximate surface area is 108 Å². The normalized spacial score (nSPS) is 22.3. The largest absolute Gasteiger partial charge is 0.381 e. The maximum absolute atomic E-state index is 12.4. The number of nitrogens with zero attached hydrogens (tertiary/aromatic N) is 1. The number of carbonyl (C=O) groups excluding carboxylic acids is 1. The number of carbonyl (C=O) groups is 1. The maximum Gasteiger partial charge on any atom is 0.253 e. The van der Waals surface area contributed by atoms with Crippen molar-refractivity contribution in [3.8, 4) is 0 Å². The van der Waals surface area contributed by atoms with Crippen LogP contribution in [0.1, 0.15) is 29.6 Å². The number of hydrogen-bond donors (Lipinski definition) is 0. The van der Waals surface area contributed by atoms with Gasteiger partial charge in [-0.1, -0.05) is 18.2 Å². The average Bonchev–Trinajstić information content (AvgIpc) is 2.83. The third-order valence-electron chi connectivity index (χ3n) is 4.30. The first kappa shape index (κ1) is 11.7. The predicted octanol–water partition coefficient (Wildman–Crippen LogP) is 2.33.